The van der Waals surface area contributed by atoms with Gasteiger partial charge in [0.2, 0.25) is 0 Å². The van der Waals surface area contributed by atoms with Crippen molar-refractivity contribution in [3.05, 3.63) is 206 Å². The van der Waals surface area contributed by atoms with E-state index >= 15 is 0 Å². The van der Waals surface area contributed by atoms with E-state index in [1.807, 2.05) is 12.4 Å². The average molecular weight is 1190 g/mol. The first-order valence-corrected chi connectivity index (χ1v) is 31.3. The first-order valence-electron chi connectivity index (χ1n) is 31.3. The van der Waals surface area contributed by atoms with Crippen LogP contribution in [0.25, 0.3) is 241 Å². The highest BCUT2D eigenvalue weighted by Gasteiger charge is 2.25. The lowest BCUT2D eigenvalue weighted by Crippen LogP contribution is -1.93. The van der Waals surface area contributed by atoms with Crippen molar-refractivity contribution in [2.24, 2.45) is 0 Å². The number of hydrogen-bond acceptors (Lipinski definition) is 8. The van der Waals surface area contributed by atoms with Crippen LogP contribution in [0.4, 0.5) is 0 Å². The number of aromatic amines is 6. The zero-order valence-corrected chi connectivity index (χ0v) is 48.8. The fourth-order valence-corrected chi connectivity index (χ4v) is 16.4. The van der Waals surface area contributed by atoms with Crippen molar-refractivity contribution in [2.75, 3.05) is 0 Å². The maximum Gasteiger partial charge on any atom is 0.0972 e. The molecule has 23 aromatic rings. The molecule has 16 aromatic heterocycles. The predicted molar refractivity (Wildman–Crippen MR) is 379 cm³/mol. The van der Waals surface area contributed by atoms with Crippen LogP contribution in [0, 0.1) is 0 Å². The lowest BCUT2D eigenvalue weighted by Gasteiger charge is -2.12. The molecule has 0 saturated carbocycles. The third-order valence-corrected chi connectivity index (χ3v) is 20.4. The third kappa shape index (κ3) is 6.16. The van der Waals surface area contributed by atoms with Gasteiger partial charge in [0.05, 0.1) is 111 Å². The van der Waals surface area contributed by atoms with Crippen LogP contribution in [-0.2, 0) is 6.42 Å². The summed E-state index contributed by atoms with van der Waals surface area (Å²) in [5.41, 5.74) is 25.0. The Morgan fingerprint density at radius 2 is 0.710 bits per heavy atom. The molecule has 24 rings (SSSR count). The van der Waals surface area contributed by atoms with E-state index in [2.05, 4.69) is 212 Å². The molecule has 0 fully saturated rings. The number of hydrogen-bond donors (Lipinski definition) is 6. The monoisotopic (exact) mass is 1180 g/mol. The highest BCUT2D eigenvalue weighted by molar-refractivity contribution is 6.33. The molecule has 0 saturated heterocycles. The summed E-state index contributed by atoms with van der Waals surface area (Å²) in [6, 6.07) is 65.4. The Morgan fingerprint density at radius 3 is 1.34 bits per heavy atom. The molecule has 1 aliphatic rings. The first-order chi connectivity index (χ1) is 45.9. The lowest BCUT2D eigenvalue weighted by molar-refractivity contribution is 1.07. The molecule has 7 aromatic carbocycles. The highest BCUT2D eigenvalue weighted by Crippen LogP contribution is 2.46. The van der Waals surface area contributed by atoms with Gasteiger partial charge in [-0.2, -0.15) is 0 Å². The number of pyridine rings is 6. The lowest BCUT2D eigenvalue weighted by atomic mass is 9.98. The molecule has 426 valence electrons. The number of nitrogens with zero attached hydrogens (tertiary/aromatic N) is 8. The second kappa shape index (κ2) is 16.3. The number of rotatable bonds is 0. The summed E-state index contributed by atoms with van der Waals surface area (Å²) >= 11 is 0. The van der Waals surface area contributed by atoms with Crippen LogP contribution in [0.5, 0.6) is 0 Å². The van der Waals surface area contributed by atoms with Crippen LogP contribution in [0.2, 0.25) is 0 Å². The zero-order chi connectivity index (χ0) is 59.8. The van der Waals surface area contributed by atoms with Crippen molar-refractivity contribution in [1.82, 2.24) is 69.8 Å². The van der Waals surface area contributed by atoms with E-state index in [-0.39, 0.29) is 0 Å². The minimum atomic E-state index is 0.612. The fraction of sp³-hybridized carbons (Fsp3) is 0.0127. The molecule has 0 amide bonds. The van der Waals surface area contributed by atoms with Gasteiger partial charge in [-0.25, -0.2) is 39.9 Å². The fourth-order valence-electron chi connectivity index (χ4n) is 16.4. The van der Waals surface area contributed by atoms with Gasteiger partial charge in [-0.15, -0.1) is 0 Å². The molecule has 0 radical (unpaired) electrons. The number of H-pyrrole nitrogens is 6. The highest BCUT2D eigenvalue weighted by atomic mass is 14.8. The van der Waals surface area contributed by atoms with E-state index < -0.39 is 0 Å². The molecule has 0 spiro atoms. The van der Waals surface area contributed by atoms with Gasteiger partial charge in [0.25, 0.3) is 0 Å². The average Bonchev–Trinajstić information content (AvgIpc) is 1.69. The Kier molecular flexibility index (Phi) is 8.24. The first kappa shape index (κ1) is 47.1. The van der Waals surface area contributed by atoms with Gasteiger partial charge in [-0.05, 0) is 109 Å². The van der Waals surface area contributed by atoms with Gasteiger partial charge in [0, 0.05) is 160 Å². The van der Waals surface area contributed by atoms with E-state index in [1.54, 1.807) is 0 Å². The van der Waals surface area contributed by atoms with E-state index in [4.69, 9.17) is 39.9 Å². The van der Waals surface area contributed by atoms with Crippen LogP contribution in [0.3, 0.4) is 0 Å². The van der Waals surface area contributed by atoms with Crippen molar-refractivity contribution >= 4 is 218 Å². The van der Waals surface area contributed by atoms with E-state index in [1.165, 1.54) is 0 Å². The SMILES string of the molecule is c1cc2c3c4[nH]c(cc4cc2[nH]1)Cc1cc2c([nH]1)c(c1cc4cc5cc6c(n5)c(c5ccc7ccc8ccc(nc8c7n5)c2c1[nH]4)c1cc2cc4cc5cc7[nH]ccc7c(c7ccc8ccc9ccc(nc9c8n7)c6c1[nH]2)c5n4)-c1ccc2ccc4ccc-3nc4c2n1. The molecule has 93 heavy (non-hydrogen) atoms. The maximum atomic E-state index is 5.78. The molecule has 14 nitrogen and oxygen atoms in total. The number of nitrogens with one attached hydrogen (secondary N) is 6. The summed E-state index contributed by atoms with van der Waals surface area (Å²) in [7, 11) is 0. The summed E-state index contributed by atoms with van der Waals surface area (Å²) < 4.78 is 0. The number of fused-ring (bicyclic) bond motifs is 26. The Morgan fingerprint density at radius 1 is 0.258 bits per heavy atom. The van der Waals surface area contributed by atoms with Crippen molar-refractivity contribution < 1.29 is 0 Å². The van der Waals surface area contributed by atoms with E-state index in [9.17, 15) is 0 Å². The number of aromatic nitrogens is 14. The summed E-state index contributed by atoms with van der Waals surface area (Å²) in [4.78, 5) is 68.1. The van der Waals surface area contributed by atoms with E-state index in [0.29, 0.717) is 6.42 Å². The predicted octanol–water partition coefficient (Wildman–Crippen LogP) is 19.1. The molecular weight excluding hydrogens is 1140 g/mol. The number of benzene rings is 7. The minimum absolute atomic E-state index is 0.612. The summed E-state index contributed by atoms with van der Waals surface area (Å²) in [5.74, 6) is 0. The van der Waals surface area contributed by atoms with Crippen molar-refractivity contribution in [3.63, 3.8) is 0 Å². The van der Waals surface area contributed by atoms with Crippen molar-refractivity contribution in [2.45, 2.75) is 6.42 Å². The molecule has 0 aliphatic carbocycles. The topological polar surface area (TPSA) is 198 Å². The molecule has 0 unspecified atom stereocenters. The van der Waals surface area contributed by atoms with Gasteiger partial charge >= 0.3 is 0 Å². The molecule has 17 heterocycles. The van der Waals surface area contributed by atoms with Crippen LogP contribution in [0.15, 0.2) is 194 Å². The third-order valence-electron chi connectivity index (χ3n) is 20.4. The molecule has 0 atom stereocenters. The van der Waals surface area contributed by atoms with E-state index in [0.717, 1.165) is 252 Å². The van der Waals surface area contributed by atoms with Crippen molar-refractivity contribution in [3.8, 4) is 22.5 Å². The molecule has 24 bridgehead atoms. The molecule has 6 N–H and O–H groups in total. The standard InChI is InChI=1S/C79H40N14/c1-3-36-9-15-58-66-52-32-46-29-47-33-53-67-59-16-10-37-4-2-35-8-14-55(89-71(35)73(37)91-59)63-49-20-22-81-61(49)26-41-24-43(83-69(41)63)28-45-31-51(77(67)85-45)65(79(53)87-47)57-18-12-39-6-5-38-11-17-56(92-74(38)75(39)93-57)64(78(52)86-46)50-30-44(84-76(50)66)27-42-23-40-25-60-48(19-21-80-60)62(68(40)82-42)54-13-7-34(1)70(88-54)72(36)90-58/h1-27,29-33,80-81,83-85,87H,28H2. The maximum absolute atomic E-state index is 5.78. The summed E-state index contributed by atoms with van der Waals surface area (Å²) in [6.45, 7) is 0. The Bertz CT molecular complexity index is 7540. The second-order valence-corrected chi connectivity index (χ2v) is 25.6. The largest absolute Gasteiger partial charge is 0.361 e. The van der Waals surface area contributed by atoms with Crippen LogP contribution in [-0.4, -0.2) is 69.8 Å². The van der Waals surface area contributed by atoms with Gasteiger partial charge in [0.15, 0.2) is 0 Å². The normalized spacial score (nSPS) is 13.1. The Labute approximate surface area is 520 Å². The smallest absolute Gasteiger partial charge is 0.0972 e. The van der Waals surface area contributed by atoms with Crippen LogP contribution in [0.1, 0.15) is 11.4 Å². The van der Waals surface area contributed by atoms with Gasteiger partial charge < -0.3 is 29.9 Å². The Hall–Kier alpha value is -12.9. The van der Waals surface area contributed by atoms with Gasteiger partial charge in [-0.3, -0.25) is 0 Å². The summed E-state index contributed by atoms with van der Waals surface area (Å²) in [6.07, 6.45) is 4.61. The van der Waals surface area contributed by atoms with Crippen molar-refractivity contribution in [1.29, 1.82) is 0 Å². The van der Waals surface area contributed by atoms with Gasteiger partial charge in [0.1, 0.15) is 0 Å². The zero-order valence-electron chi connectivity index (χ0n) is 48.8. The molecule has 14 heteroatoms. The van der Waals surface area contributed by atoms with Gasteiger partial charge in [-0.1, -0.05) is 72.8 Å². The second-order valence-electron chi connectivity index (χ2n) is 25.6. The Balaban J connectivity index is 0.861. The van der Waals surface area contributed by atoms with Crippen LogP contribution < -0.4 is 0 Å². The molecule has 1 aliphatic heterocycles. The molecular formula is C79H40N14. The minimum Gasteiger partial charge on any atom is -0.361 e. The summed E-state index contributed by atoms with van der Waals surface area (Å²) in [5, 5.41) is 18.0. The quantitative estimate of drug-likeness (QED) is 0.0806. The van der Waals surface area contributed by atoms with Crippen LogP contribution >= 0.6 is 0 Å².